The number of alkyl halides is 3. The van der Waals surface area contributed by atoms with Crippen molar-refractivity contribution in [3.8, 4) is 0 Å². The van der Waals surface area contributed by atoms with Gasteiger partial charge in [0.25, 0.3) is 0 Å². The summed E-state index contributed by atoms with van der Waals surface area (Å²) in [6, 6.07) is 8.56. The van der Waals surface area contributed by atoms with Gasteiger partial charge in [-0.25, -0.2) is 9.69 Å². The fourth-order valence-electron chi connectivity index (χ4n) is 1.65. The molecule has 0 aliphatic carbocycles. The molecular weight excluding hydrogens is 273 g/mol. The molecule has 1 N–H and O–H groups in total. The molecule has 1 aromatic carbocycles. The second-order valence-electron chi connectivity index (χ2n) is 3.88. The van der Waals surface area contributed by atoms with Crippen molar-refractivity contribution in [1.82, 2.24) is 4.98 Å². The summed E-state index contributed by atoms with van der Waals surface area (Å²) in [5, 5.41) is 9.19. The first kappa shape index (κ1) is 13.9. The van der Waals surface area contributed by atoms with Crippen LogP contribution in [0, 0.1) is 0 Å². The van der Waals surface area contributed by atoms with E-state index in [-0.39, 0.29) is 11.4 Å². The lowest BCUT2D eigenvalue weighted by atomic mass is 10.2. The van der Waals surface area contributed by atoms with E-state index in [1.54, 1.807) is 18.2 Å². The predicted molar refractivity (Wildman–Crippen MR) is 65.8 cm³/mol. The summed E-state index contributed by atoms with van der Waals surface area (Å²) in [5.41, 5.74) is -0.933. The lowest BCUT2D eigenvalue weighted by molar-refractivity contribution is -0.137. The van der Waals surface area contributed by atoms with Gasteiger partial charge >= 0.3 is 12.3 Å². The summed E-state index contributed by atoms with van der Waals surface area (Å²) in [6.07, 6.45) is -4.26. The molecule has 0 aliphatic heterocycles. The molecule has 0 bridgehead atoms. The minimum atomic E-state index is -4.58. The number of halogens is 3. The molecule has 104 valence electrons. The maximum absolute atomic E-state index is 12.6. The lowest BCUT2D eigenvalue weighted by Gasteiger charge is -2.20. The van der Waals surface area contributed by atoms with Gasteiger partial charge in [0.2, 0.25) is 0 Å². The first-order chi connectivity index (χ1) is 9.39. The number of carboxylic acid groups (broad SMARTS) is 1. The van der Waals surface area contributed by atoms with Gasteiger partial charge in [0.05, 0.1) is 23.1 Å². The van der Waals surface area contributed by atoms with Crippen molar-refractivity contribution in [1.29, 1.82) is 0 Å². The normalized spacial score (nSPS) is 11.2. The molecule has 0 unspecified atom stereocenters. The molecule has 1 heterocycles. The number of anilines is 2. The summed E-state index contributed by atoms with van der Waals surface area (Å²) in [4.78, 5) is 15.5. The largest absolute Gasteiger partial charge is 0.464 e. The number of hydrogen-bond donors (Lipinski definition) is 1. The molecule has 0 fully saturated rings. The Morgan fingerprint density at radius 3 is 2.30 bits per heavy atom. The topological polar surface area (TPSA) is 53.4 Å². The Kier molecular flexibility index (Phi) is 3.60. The Hall–Kier alpha value is -2.57. The lowest BCUT2D eigenvalue weighted by Crippen LogP contribution is -2.24. The number of para-hydroxylation sites is 1. The highest BCUT2D eigenvalue weighted by atomic mass is 19.4. The number of rotatable bonds is 2. The Morgan fingerprint density at radius 2 is 1.75 bits per heavy atom. The fourth-order valence-corrected chi connectivity index (χ4v) is 1.65. The monoisotopic (exact) mass is 282 g/mol. The van der Waals surface area contributed by atoms with E-state index < -0.39 is 17.8 Å². The van der Waals surface area contributed by atoms with Crippen molar-refractivity contribution in [2.75, 3.05) is 4.90 Å². The number of carbonyl (C=O) groups is 1. The molecule has 4 nitrogen and oxygen atoms in total. The van der Waals surface area contributed by atoms with Gasteiger partial charge in [0.1, 0.15) is 0 Å². The number of hydrogen-bond acceptors (Lipinski definition) is 2. The average Bonchev–Trinajstić information content (AvgIpc) is 2.39. The van der Waals surface area contributed by atoms with Crippen LogP contribution in [-0.4, -0.2) is 16.2 Å². The SMILES string of the molecule is O=C(O)N(c1ccccc1)c1cncc(C(F)(F)F)c1. The molecule has 0 spiro atoms. The highest BCUT2D eigenvalue weighted by Gasteiger charge is 2.32. The van der Waals surface area contributed by atoms with Gasteiger partial charge in [-0.05, 0) is 18.2 Å². The van der Waals surface area contributed by atoms with Gasteiger partial charge in [0.15, 0.2) is 0 Å². The van der Waals surface area contributed by atoms with Gasteiger partial charge in [-0.15, -0.1) is 0 Å². The third kappa shape index (κ3) is 2.87. The minimum absolute atomic E-state index is 0.168. The van der Waals surface area contributed by atoms with Gasteiger partial charge in [-0.1, -0.05) is 18.2 Å². The van der Waals surface area contributed by atoms with E-state index >= 15 is 0 Å². The van der Waals surface area contributed by atoms with E-state index in [2.05, 4.69) is 4.98 Å². The molecular formula is C13H9F3N2O2. The summed E-state index contributed by atoms with van der Waals surface area (Å²) < 4.78 is 37.9. The Morgan fingerprint density at radius 1 is 1.10 bits per heavy atom. The van der Waals surface area contributed by atoms with Crippen molar-refractivity contribution in [3.63, 3.8) is 0 Å². The fraction of sp³-hybridized carbons (Fsp3) is 0.0769. The molecule has 20 heavy (non-hydrogen) atoms. The average molecular weight is 282 g/mol. The van der Waals surface area contributed by atoms with Crippen molar-refractivity contribution in [3.05, 3.63) is 54.4 Å². The first-order valence-corrected chi connectivity index (χ1v) is 5.50. The molecule has 0 radical (unpaired) electrons. The smallest absolute Gasteiger partial charge is 0.417 e. The number of aromatic nitrogens is 1. The molecule has 1 amide bonds. The summed E-state index contributed by atoms with van der Waals surface area (Å²) >= 11 is 0. The van der Waals surface area contributed by atoms with Crippen molar-refractivity contribution >= 4 is 17.5 Å². The quantitative estimate of drug-likeness (QED) is 0.908. The minimum Gasteiger partial charge on any atom is -0.464 e. The predicted octanol–water partition coefficient (Wildman–Crippen LogP) is 3.92. The van der Waals surface area contributed by atoms with Crippen molar-refractivity contribution in [2.24, 2.45) is 0 Å². The zero-order chi connectivity index (χ0) is 14.8. The number of pyridine rings is 1. The molecule has 0 atom stereocenters. The second-order valence-corrected chi connectivity index (χ2v) is 3.88. The van der Waals surface area contributed by atoms with E-state index in [0.29, 0.717) is 6.20 Å². The Bertz CT molecular complexity index is 615. The van der Waals surface area contributed by atoms with E-state index in [1.165, 1.54) is 12.1 Å². The zero-order valence-electron chi connectivity index (χ0n) is 10.0. The van der Waals surface area contributed by atoms with Crippen LogP contribution in [0.3, 0.4) is 0 Å². The number of benzene rings is 1. The zero-order valence-corrected chi connectivity index (χ0v) is 10.0. The third-order valence-corrected chi connectivity index (χ3v) is 2.52. The van der Waals surface area contributed by atoms with Crippen LogP contribution in [0.4, 0.5) is 29.3 Å². The third-order valence-electron chi connectivity index (χ3n) is 2.52. The molecule has 7 heteroatoms. The van der Waals surface area contributed by atoms with E-state index in [0.717, 1.165) is 17.2 Å². The van der Waals surface area contributed by atoms with Gasteiger partial charge in [-0.2, -0.15) is 13.2 Å². The van der Waals surface area contributed by atoms with Crippen LogP contribution >= 0.6 is 0 Å². The van der Waals surface area contributed by atoms with Gasteiger partial charge in [-0.3, -0.25) is 4.98 Å². The van der Waals surface area contributed by atoms with E-state index in [4.69, 9.17) is 0 Å². The Balaban J connectivity index is 2.49. The van der Waals surface area contributed by atoms with Crippen LogP contribution in [0.25, 0.3) is 0 Å². The van der Waals surface area contributed by atoms with Crippen molar-refractivity contribution < 1.29 is 23.1 Å². The van der Waals surface area contributed by atoms with E-state index in [9.17, 15) is 23.1 Å². The standard InChI is InChI=1S/C13H9F3N2O2/c14-13(15,16)9-6-11(8-17-7-9)18(12(19)20)10-4-2-1-3-5-10/h1-8H,(H,19,20). The number of amides is 1. The van der Waals surface area contributed by atoms with Crippen LogP contribution in [-0.2, 0) is 6.18 Å². The molecule has 2 rings (SSSR count). The maximum Gasteiger partial charge on any atom is 0.417 e. The highest BCUT2D eigenvalue weighted by Crippen LogP contribution is 2.32. The Labute approximate surface area is 112 Å². The maximum atomic E-state index is 12.6. The second kappa shape index (κ2) is 5.20. The molecule has 1 aromatic heterocycles. The first-order valence-electron chi connectivity index (χ1n) is 5.50. The summed E-state index contributed by atoms with van der Waals surface area (Å²) in [5.74, 6) is 0. The number of nitrogens with zero attached hydrogens (tertiary/aromatic N) is 2. The van der Waals surface area contributed by atoms with Crippen LogP contribution in [0.5, 0.6) is 0 Å². The van der Waals surface area contributed by atoms with Gasteiger partial charge in [0, 0.05) is 6.20 Å². The molecule has 0 aliphatic rings. The van der Waals surface area contributed by atoms with Crippen LogP contribution in [0.2, 0.25) is 0 Å². The molecule has 2 aromatic rings. The van der Waals surface area contributed by atoms with Crippen LogP contribution in [0.1, 0.15) is 5.56 Å². The summed E-state index contributed by atoms with van der Waals surface area (Å²) in [7, 11) is 0. The van der Waals surface area contributed by atoms with Crippen LogP contribution < -0.4 is 4.90 Å². The summed E-state index contributed by atoms with van der Waals surface area (Å²) in [6.45, 7) is 0. The van der Waals surface area contributed by atoms with Crippen molar-refractivity contribution in [2.45, 2.75) is 6.18 Å². The van der Waals surface area contributed by atoms with Gasteiger partial charge < -0.3 is 5.11 Å². The van der Waals surface area contributed by atoms with Crippen LogP contribution in [0.15, 0.2) is 48.8 Å². The molecule has 0 saturated heterocycles. The highest BCUT2D eigenvalue weighted by molar-refractivity contribution is 5.94. The van der Waals surface area contributed by atoms with E-state index in [1.807, 2.05) is 0 Å². The molecule has 0 saturated carbocycles.